The Bertz CT molecular complexity index is 1190. The molecule has 0 aliphatic carbocycles. The zero-order valence-electron chi connectivity index (χ0n) is 15.0. The molecule has 1 heterocycles. The molecule has 0 bridgehead atoms. The predicted octanol–water partition coefficient (Wildman–Crippen LogP) is 6.09. The number of alkyl halides is 3. The topological polar surface area (TPSA) is 34.0 Å². The highest BCUT2D eigenvalue weighted by molar-refractivity contribution is 6.11. The van der Waals surface area contributed by atoms with Gasteiger partial charge in [0.15, 0.2) is 0 Å². The number of anilines is 1. The summed E-state index contributed by atoms with van der Waals surface area (Å²) >= 11 is 0. The van der Waals surface area contributed by atoms with Crippen LogP contribution in [0, 0.1) is 0 Å². The molecule has 0 spiro atoms. The molecule has 0 radical (unpaired) electrons. The first kappa shape index (κ1) is 18.1. The van der Waals surface area contributed by atoms with Crippen molar-refractivity contribution in [3.8, 4) is 0 Å². The predicted molar refractivity (Wildman–Crippen MR) is 105 cm³/mol. The van der Waals surface area contributed by atoms with Gasteiger partial charge in [0.25, 0.3) is 5.91 Å². The molecule has 3 nitrogen and oxygen atoms in total. The average Bonchev–Trinajstić information content (AvgIpc) is 3.00. The second-order valence-corrected chi connectivity index (χ2v) is 6.53. The number of nitrogens with zero attached hydrogens (tertiary/aromatic N) is 1. The summed E-state index contributed by atoms with van der Waals surface area (Å²) in [4.78, 5) is 12.5. The maximum absolute atomic E-state index is 12.9. The number of aromatic nitrogens is 1. The first-order valence-electron chi connectivity index (χ1n) is 8.88. The number of hydrogen-bond donors (Lipinski definition) is 1. The van der Waals surface area contributed by atoms with Crippen LogP contribution in [-0.4, -0.2) is 10.5 Å². The molecule has 0 saturated carbocycles. The van der Waals surface area contributed by atoms with E-state index >= 15 is 0 Å². The SMILES string of the molecule is CCn1c2ccccc2c2cc(NC(=O)c3cccc(C(F)(F)F)c3)ccc21. The smallest absolute Gasteiger partial charge is 0.341 e. The highest BCUT2D eigenvalue weighted by Crippen LogP contribution is 2.32. The number of carbonyl (C=O) groups excluding carboxylic acids is 1. The molecule has 28 heavy (non-hydrogen) atoms. The van der Waals surface area contributed by atoms with Crippen LogP contribution in [0.15, 0.2) is 66.7 Å². The first-order valence-corrected chi connectivity index (χ1v) is 8.88. The first-order chi connectivity index (χ1) is 13.4. The number of para-hydroxylation sites is 1. The number of hydrogen-bond acceptors (Lipinski definition) is 1. The van der Waals surface area contributed by atoms with Gasteiger partial charge in [-0.15, -0.1) is 0 Å². The highest BCUT2D eigenvalue weighted by Gasteiger charge is 2.30. The van der Waals surface area contributed by atoms with E-state index in [1.54, 1.807) is 6.07 Å². The number of nitrogens with one attached hydrogen (secondary N) is 1. The molecule has 0 aliphatic heterocycles. The molecule has 4 aromatic rings. The van der Waals surface area contributed by atoms with Crippen molar-refractivity contribution in [2.24, 2.45) is 0 Å². The number of aryl methyl sites for hydroxylation is 1. The molecule has 3 aromatic carbocycles. The number of amides is 1. The van der Waals surface area contributed by atoms with Crippen molar-refractivity contribution in [1.82, 2.24) is 4.57 Å². The van der Waals surface area contributed by atoms with Gasteiger partial charge in [0.2, 0.25) is 0 Å². The molecule has 6 heteroatoms. The van der Waals surface area contributed by atoms with Gasteiger partial charge in [0.05, 0.1) is 5.56 Å². The van der Waals surface area contributed by atoms with E-state index in [0.29, 0.717) is 5.69 Å². The van der Waals surface area contributed by atoms with Crippen LogP contribution < -0.4 is 5.32 Å². The molecule has 142 valence electrons. The molecule has 1 amide bonds. The summed E-state index contributed by atoms with van der Waals surface area (Å²) in [6.07, 6.45) is -4.49. The number of rotatable bonds is 3. The summed E-state index contributed by atoms with van der Waals surface area (Å²) in [5.74, 6) is -0.579. The third-order valence-corrected chi connectivity index (χ3v) is 4.80. The van der Waals surface area contributed by atoms with E-state index in [0.717, 1.165) is 40.5 Å². The fourth-order valence-corrected chi connectivity index (χ4v) is 3.51. The summed E-state index contributed by atoms with van der Waals surface area (Å²) in [5, 5.41) is 4.76. The molecule has 0 atom stereocenters. The maximum Gasteiger partial charge on any atom is 0.416 e. The average molecular weight is 382 g/mol. The standard InChI is InChI=1S/C22H17F3N2O/c1-2-27-19-9-4-3-8-17(19)18-13-16(10-11-20(18)27)26-21(28)14-6-5-7-15(12-14)22(23,24)25/h3-13H,2H2,1H3,(H,26,28). The number of benzene rings is 3. The number of halogens is 3. The van der Waals surface area contributed by atoms with Crippen molar-refractivity contribution in [2.75, 3.05) is 5.32 Å². The fraction of sp³-hybridized carbons (Fsp3) is 0.136. The van der Waals surface area contributed by atoms with Crippen LogP contribution in [0.1, 0.15) is 22.8 Å². The van der Waals surface area contributed by atoms with E-state index in [1.807, 2.05) is 36.4 Å². The second kappa shape index (κ2) is 6.71. The fourth-order valence-electron chi connectivity index (χ4n) is 3.51. The lowest BCUT2D eigenvalue weighted by Crippen LogP contribution is -2.13. The van der Waals surface area contributed by atoms with Gasteiger partial charge in [-0.3, -0.25) is 4.79 Å². The molecule has 0 saturated heterocycles. The van der Waals surface area contributed by atoms with Gasteiger partial charge >= 0.3 is 6.18 Å². The van der Waals surface area contributed by atoms with Gasteiger partial charge in [0, 0.05) is 39.6 Å². The Morgan fingerprint density at radius 3 is 2.43 bits per heavy atom. The maximum atomic E-state index is 12.9. The summed E-state index contributed by atoms with van der Waals surface area (Å²) in [6.45, 7) is 2.87. The van der Waals surface area contributed by atoms with Crippen LogP contribution in [0.3, 0.4) is 0 Å². The van der Waals surface area contributed by atoms with Crippen LogP contribution in [0.4, 0.5) is 18.9 Å². The van der Waals surface area contributed by atoms with Gasteiger partial charge in [-0.25, -0.2) is 0 Å². The summed E-state index contributed by atoms with van der Waals surface area (Å²) in [5.41, 5.74) is 1.79. The van der Waals surface area contributed by atoms with Crippen LogP contribution in [0.25, 0.3) is 21.8 Å². The Balaban J connectivity index is 1.71. The quantitative estimate of drug-likeness (QED) is 0.457. The molecule has 4 rings (SSSR count). The molecule has 1 aromatic heterocycles. The summed E-state index contributed by atoms with van der Waals surface area (Å²) in [6, 6.07) is 17.9. The van der Waals surface area contributed by atoms with E-state index < -0.39 is 17.6 Å². The Morgan fingerprint density at radius 2 is 1.68 bits per heavy atom. The number of carbonyl (C=O) groups is 1. The molecule has 0 aliphatic rings. The summed E-state index contributed by atoms with van der Waals surface area (Å²) < 4.78 is 40.8. The van der Waals surface area contributed by atoms with Crippen molar-refractivity contribution in [1.29, 1.82) is 0 Å². The zero-order chi connectivity index (χ0) is 19.9. The third-order valence-electron chi connectivity index (χ3n) is 4.80. The van der Waals surface area contributed by atoms with E-state index in [4.69, 9.17) is 0 Å². The minimum Gasteiger partial charge on any atom is -0.341 e. The Kier molecular flexibility index (Phi) is 4.34. The van der Waals surface area contributed by atoms with Crippen molar-refractivity contribution in [3.05, 3.63) is 77.9 Å². The monoisotopic (exact) mass is 382 g/mol. The summed E-state index contributed by atoms with van der Waals surface area (Å²) in [7, 11) is 0. The zero-order valence-corrected chi connectivity index (χ0v) is 15.0. The van der Waals surface area contributed by atoms with E-state index in [1.165, 1.54) is 12.1 Å². The second-order valence-electron chi connectivity index (χ2n) is 6.53. The van der Waals surface area contributed by atoms with Crippen LogP contribution >= 0.6 is 0 Å². The van der Waals surface area contributed by atoms with Crippen molar-refractivity contribution >= 4 is 33.4 Å². The van der Waals surface area contributed by atoms with Gasteiger partial charge in [0.1, 0.15) is 0 Å². The van der Waals surface area contributed by atoms with Gasteiger partial charge in [-0.2, -0.15) is 13.2 Å². The minimum atomic E-state index is -4.49. The molecule has 0 fully saturated rings. The van der Waals surface area contributed by atoms with Crippen molar-refractivity contribution in [3.63, 3.8) is 0 Å². The van der Waals surface area contributed by atoms with Crippen LogP contribution in [-0.2, 0) is 12.7 Å². The Labute approximate surface area is 159 Å². The largest absolute Gasteiger partial charge is 0.416 e. The molecule has 0 unspecified atom stereocenters. The van der Waals surface area contributed by atoms with Crippen molar-refractivity contribution < 1.29 is 18.0 Å². The van der Waals surface area contributed by atoms with Crippen LogP contribution in [0.5, 0.6) is 0 Å². The lowest BCUT2D eigenvalue weighted by molar-refractivity contribution is -0.137. The molecule has 1 N–H and O–H groups in total. The van der Waals surface area contributed by atoms with Gasteiger partial charge in [-0.05, 0) is 49.4 Å². The van der Waals surface area contributed by atoms with E-state index in [2.05, 4.69) is 16.8 Å². The van der Waals surface area contributed by atoms with Gasteiger partial charge < -0.3 is 9.88 Å². The molecular weight excluding hydrogens is 365 g/mol. The van der Waals surface area contributed by atoms with E-state index in [-0.39, 0.29) is 5.56 Å². The van der Waals surface area contributed by atoms with Crippen molar-refractivity contribution in [2.45, 2.75) is 19.6 Å². The van der Waals surface area contributed by atoms with Crippen LogP contribution in [0.2, 0.25) is 0 Å². The minimum absolute atomic E-state index is 0.0362. The lowest BCUT2D eigenvalue weighted by Gasteiger charge is -2.10. The Hall–Kier alpha value is -3.28. The Morgan fingerprint density at radius 1 is 0.929 bits per heavy atom. The number of fused-ring (bicyclic) bond motifs is 3. The van der Waals surface area contributed by atoms with Gasteiger partial charge in [-0.1, -0.05) is 24.3 Å². The highest BCUT2D eigenvalue weighted by atomic mass is 19.4. The normalized spacial score (nSPS) is 11.9. The third kappa shape index (κ3) is 3.11. The molecular formula is C22H17F3N2O. The lowest BCUT2D eigenvalue weighted by atomic mass is 10.1. The van der Waals surface area contributed by atoms with E-state index in [9.17, 15) is 18.0 Å².